The predicted molar refractivity (Wildman–Crippen MR) is 103 cm³/mol. The first-order chi connectivity index (χ1) is 13.8. The number of halogens is 3. The van der Waals surface area contributed by atoms with Crippen LogP contribution < -0.4 is 10.6 Å². The van der Waals surface area contributed by atoms with Crippen LogP contribution in [0.3, 0.4) is 0 Å². The van der Waals surface area contributed by atoms with Gasteiger partial charge in [-0.05, 0) is 31.2 Å². The number of anilines is 1. The number of amides is 2. The van der Waals surface area contributed by atoms with E-state index in [1.807, 2.05) is 24.3 Å². The Bertz CT molecular complexity index is 1090. The molecular weight excluding hydrogens is 405 g/mol. The monoisotopic (exact) mass is 420 g/mol. The molecule has 1 heterocycles. The molecule has 0 saturated heterocycles. The summed E-state index contributed by atoms with van der Waals surface area (Å²) in [6.45, 7) is 1.32. The Morgan fingerprint density at radius 1 is 0.966 bits per heavy atom. The van der Waals surface area contributed by atoms with Gasteiger partial charge in [-0.3, -0.25) is 9.59 Å². The lowest BCUT2D eigenvalue weighted by Crippen LogP contribution is -2.34. The van der Waals surface area contributed by atoms with E-state index in [1.54, 1.807) is 6.92 Å². The second kappa shape index (κ2) is 8.91. The van der Waals surface area contributed by atoms with Gasteiger partial charge in [0.05, 0.1) is 34.7 Å². The second-order valence-corrected chi connectivity index (χ2v) is 6.90. The van der Waals surface area contributed by atoms with Gasteiger partial charge in [0.15, 0.2) is 17.5 Å². The Morgan fingerprint density at radius 3 is 2.38 bits per heavy atom. The summed E-state index contributed by atoms with van der Waals surface area (Å²) in [6.07, 6.45) is 0. The van der Waals surface area contributed by atoms with E-state index in [-0.39, 0.29) is 5.75 Å². The van der Waals surface area contributed by atoms with Gasteiger partial charge in [-0.15, -0.1) is 0 Å². The number of nitrogens with one attached hydrogen (secondary N) is 2. The predicted octanol–water partition coefficient (Wildman–Crippen LogP) is 3.20. The molecule has 0 fully saturated rings. The highest BCUT2D eigenvalue weighted by Gasteiger charge is 2.16. The summed E-state index contributed by atoms with van der Waals surface area (Å²) < 4.78 is 39.6. The van der Waals surface area contributed by atoms with Crippen molar-refractivity contribution >= 4 is 40.3 Å². The molecule has 0 spiro atoms. The number of carbonyl (C=O) groups is 2. The molecule has 29 heavy (non-hydrogen) atoms. The summed E-state index contributed by atoms with van der Waals surface area (Å²) in [7, 11) is 0. The van der Waals surface area contributed by atoms with Gasteiger partial charge in [0.25, 0.3) is 0 Å². The molecule has 0 aliphatic rings. The Hall–Kier alpha value is -3.14. The molecule has 0 aliphatic heterocycles. The van der Waals surface area contributed by atoms with Crippen molar-refractivity contribution in [1.82, 2.24) is 15.3 Å². The van der Waals surface area contributed by atoms with Crippen LogP contribution in [0.2, 0.25) is 0 Å². The van der Waals surface area contributed by atoms with Gasteiger partial charge < -0.3 is 10.6 Å². The Kier molecular flexibility index (Phi) is 6.32. The lowest BCUT2D eigenvalue weighted by Gasteiger charge is -2.09. The van der Waals surface area contributed by atoms with Gasteiger partial charge >= 0.3 is 0 Å². The SMILES string of the molecule is Cc1nc2ccccc2nc1SCC(=O)NCC(=O)Nc1ccc(F)c(F)c1F. The minimum absolute atomic E-state index is 0.0132. The maximum absolute atomic E-state index is 13.5. The molecule has 2 N–H and O–H groups in total. The molecule has 0 saturated carbocycles. The molecule has 0 radical (unpaired) electrons. The van der Waals surface area contributed by atoms with E-state index in [9.17, 15) is 22.8 Å². The van der Waals surface area contributed by atoms with Crippen molar-refractivity contribution in [1.29, 1.82) is 0 Å². The van der Waals surface area contributed by atoms with E-state index >= 15 is 0 Å². The number of rotatable bonds is 6. The second-order valence-electron chi connectivity index (χ2n) is 5.94. The van der Waals surface area contributed by atoms with Gasteiger partial charge in [0.1, 0.15) is 5.03 Å². The number of thioether (sulfide) groups is 1. The Morgan fingerprint density at radius 2 is 1.66 bits per heavy atom. The summed E-state index contributed by atoms with van der Waals surface area (Å²) in [5.74, 6) is -5.81. The number of para-hydroxylation sites is 2. The van der Waals surface area contributed by atoms with Crippen molar-refractivity contribution in [2.45, 2.75) is 11.9 Å². The van der Waals surface area contributed by atoms with Gasteiger partial charge in [0, 0.05) is 0 Å². The number of carbonyl (C=O) groups excluding carboxylic acids is 2. The fourth-order valence-electron chi connectivity index (χ4n) is 2.39. The lowest BCUT2D eigenvalue weighted by molar-refractivity contribution is -0.122. The molecule has 2 aromatic carbocycles. The van der Waals surface area contributed by atoms with Gasteiger partial charge in [-0.2, -0.15) is 0 Å². The lowest BCUT2D eigenvalue weighted by atomic mass is 10.2. The van der Waals surface area contributed by atoms with Crippen LogP contribution in [0.1, 0.15) is 5.69 Å². The normalized spacial score (nSPS) is 10.8. The van der Waals surface area contributed by atoms with Crippen molar-refractivity contribution in [2.75, 3.05) is 17.6 Å². The van der Waals surface area contributed by atoms with Gasteiger partial charge in [0.2, 0.25) is 11.8 Å². The number of hydrogen-bond acceptors (Lipinski definition) is 5. The Balaban J connectivity index is 1.52. The highest BCUT2D eigenvalue weighted by molar-refractivity contribution is 7.99. The quantitative estimate of drug-likeness (QED) is 0.473. The maximum Gasteiger partial charge on any atom is 0.243 e. The molecular formula is C19H15F3N4O2S. The molecule has 0 unspecified atom stereocenters. The topological polar surface area (TPSA) is 84.0 Å². The number of aromatic nitrogens is 2. The molecule has 6 nitrogen and oxygen atoms in total. The van der Waals surface area contributed by atoms with E-state index in [2.05, 4.69) is 20.6 Å². The number of hydrogen-bond donors (Lipinski definition) is 2. The molecule has 0 atom stereocenters. The van der Waals surface area contributed by atoms with Crippen LogP contribution in [0.25, 0.3) is 11.0 Å². The third kappa shape index (κ3) is 5.02. The van der Waals surface area contributed by atoms with Crippen LogP contribution in [-0.4, -0.2) is 34.1 Å². The number of aryl methyl sites for hydroxylation is 1. The van der Waals surface area contributed by atoms with E-state index in [0.717, 1.165) is 23.3 Å². The van der Waals surface area contributed by atoms with Crippen LogP contribution in [0, 0.1) is 24.4 Å². The van der Waals surface area contributed by atoms with Crippen molar-refractivity contribution < 1.29 is 22.8 Å². The Labute approximate surface area is 167 Å². The van der Waals surface area contributed by atoms with Crippen molar-refractivity contribution in [3.8, 4) is 0 Å². The van der Waals surface area contributed by atoms with Crippen molar-refractivity contribution in [3.05, 3.63) is 59.5 Å². The average molecular weight is 420 g/mol. The van der Waals surface area contributed by atoms with Crippen molar-refractivity contribution in [2.24, 2.45) is 0 Å². The van der Waals surface area contributed by atoms with E-state index in [0.29, 0.717) is 22.3 Å². The molecule has 0 aliphatic carbocycles. The zero-order valence-corrected chi connectivity index (χ0v) is 15.9. The first-order valence-electron chi connectivity index (χ1n) is 8.41. The average Bonchev–Trinajstić information content (AvgIpc) is 2.71. The summed E-state index contributed by atoms with van der Waals surface area (Å²) in [6, 6.07) is 8.93. The summed E-state index contributed by atoms with van der Waals surface area (Å²) in [5, 5.41) is 5.03. The standard InChI is InChI=1S/C19H15F3N4O2S/c1-10-19(26-13-5-3-2-4-12(13)24-10)29-9-16(28)23-8-15(27)25-14-7-6-11(20)17(21)18(14)22/h2-7H,8-9H2,1H3,(H,23,28)(H,25,27). The minimum atomic E-state index is -1.69. The molecule has 1 aromatic heterocycles. The van der Waals surface area contributed by atoms with Crippen LogP contribution in [0.15, 0.2) is 41.4 Å². The van der Waals surface area contributed by atoms with Crippen LogP contribution in [0.4, 0.5) is 18.9 Å². The molecule has 150 valence electrons. The first kappa shape index (κ1) is 20.6. The summed E-state index contributed by atoms with van der Waals surface area (Å²) >= 11 is 1.16. The third-order valence-corrected chi connectivity index (χ3v) is 4.86. The third-order valence-electron chi connectivity index (χ3n) is 3.80. The maximum atomic E-state index is 13.5. The van der Waals surface area contributed by atoms with Crippen LogP contribution >= 0.6 is 11.8 Å². The summed E-state index contributed by atoms with van der Waals surface area (Å²) in [4.78, 5) is 32.7. The van der Waals surface area contributed by atoms with Crippen LogP contribution in [-0.2, 0) is 9.59 Å². The number of fused-ring (bicyclic) bond motifs is 1. The summed E-state index contributed by atoms with van der Waals surface area (Å²) in [5.41, 5.74) is 1.61. The van der Waals surface area contributed by atoms with Gasteiger partial charge in [-0.25, -0.2) is 23.1 Å². The van der Waals surface area contributed by atoms with Crippen LogP contribution in [0.5, 0.6) is 0 Å². The van der Waals surface area contributed by atoms with Crippen molar-refractivity contribution in [3.63, 3.8) is 0 Å². The minimum Gasteiger partial charge on any atom is -0.346 e. The first-order valence-corrected chi connectivity index (χ1v) is 9.40. The van der Waals surface area contributed by atoms with E-state index in [4.69, 9.17) is 0 Å². The molecule has 10 heteroatoms. The zero-order chi connectivity index (χ0) is 21.0. The van der Waals surface area contributed by atoms with Gasteiger partial charge in [-0.1, -0.05) is 23.9 Å². The van der Waals surface area contributed by atoms with E-state index in [1.165, 1.54) is 0 Å². The molecule has 2 amide bonds. The molecule has 0 bridgehead atoms. The molecule has 3 rings (SSSR count). The molecule has 3 aromatic rings. The highest BCUT2D eigenvalue weighted by atomic mass is 32.2. The smallest absolute Gasteiger partial charge is 0.243 e. The largest absolute Gasteiger partial charge is 0.346 e. The number of nitrogens with zero attached hydrogens (tertiary/aromatic N) is 2. The fraction of sp³-hybridized carbons (Fsp3) is 0.158. The van der Waals surface area contributed by atoms with E-state index < -0.39 is 41.5 Å². The highest BCUT2D eigenvalue weighted by Crippen LogP contribution is 2.22. The zero-order valence-electron chi connectivity index (χ0n) is 15.1. The fourth-order valence-corrected chi connectivity index (χ4v) is 3.18. The number of benzene rings is 2.